The maximum absolute atomic E-state index is 11.1. The number of pyridine rings is 1. The van der Waals surface area contributed by atoms with Gasteiger partial charge in [0.15, 0.2) is 0 Å². The summed E-state index contributed by atoms with van der Waals surface area (Å²) in [4.78, 5) is 35.6. The van der Waals surface area contributed by atoms with E-state index in [1.54, 1.807) is 18.2 Å². The predicted molar refractivity (Wildman–Crippen MR) is 91.3 cm³/mol. The molecular weight excluding hydrogens is 340 g/mol. The molecule has 4 N–H and O–H groups in total. The standard InChI is InChI=1S/C16H18N6O4/c17-15(23)10-1-2-12(18-8-10)21-13-7-14(20-9-19-13)26-11-3-5-22(6-4-11)16(24)25/h1-2,7-9,11H,3-6H2,(H2,17,23)(H,24,25)(H,18,19,20,21). The van der Waals surface area contributed by atoms with Crippen LogP contribution in [0, 0.1) is 0 Å². The molecule has 2 aromatic heterocycles. The lowest BCUT2D eigenvalue weighted by atomic mass is 10.1. The Kier molecular flexibility index (Phi) is 5.11. The third-order valence-electron chi connectivity index (χ3n) is 3.95. The van der Waals surface area contributed by atoms with Gasteiger partial charge in [-0.2, -0.15) is 0 Å². The van der Waals surface area contributed by atoms with Crippen LogP contribution in [0.15, 0.2) is 30.7 Å². The Morgan fingerprint density at radius 2 is 1.96 bits per heavy atom. The summed E-state index contributed by atoms with van der Waals surface area (Å²) in [5, 5.41) is 12.0. The number of piperidine rings is 1. The largest absolute Gasteiger partial charge is 0.474 e. The maximum Gasteiger partial charge on any atom is 0.407 e. The fourth-order valence-electron chi connectivity index (χ4n) is 2.55. The maximum atomic E-state index is 11.1. The molecule has 0 aliphatic carbocycles. The second-order valence-corrected chi connectivity index (χ2v) is 5.75. The molecule has 0 bridgehead atoms. The lowest BCUT2D eigenvalue weighted by Gasteiger charge is -2.29. The van der Waals surface area contributed by atoms with Crippen LogP contribution in [0.3, 0.4) is 0 Å². The molecule has 10 heteroatoms. The number of nitrogens with two attached hydrogens (primary N) is 1. The van der Waals surface area contributed by atoms with E-state index in [1.807, 2.05) is 0 Å². The van der Waals surface area contributed by atoms with Crippen molar-refractivity contribution in [2.24, 2.45) is 5.73 Å². The number of hydrogen-bond donors (Lipinski definition) is 3. The second kappa shape index (κ2) is 7.64. The predicted octanol–water partition coefficient (Wildman–Crippen LogP) is 1.24. The molecule has 2 aromatic rings. The molecule has 0 atom stereocenters. The highest BCUT2D eigenvalue weighted by Crippen LogP contribution is 2.20. The number of likely N-dealkylation sites (tertiary alicyclic amines) is 1. The molecule has 2 amide bonds. The zero-order valence-corrected chi connectivity index (χ0v) is 13.8. The SMILES string of the molecule is NC(=O)c1ccc(Nc2cc(OC3CCN(C(=O)O)CC3)ncn2)nc1. The lowest BCUT2D eigenvalue weighted by molar-refractivity contribution is 0.0870. The summed E-state index contributed by atoms with van der Waals surface area (Å²) in [7, 11) is 0. The quantitative estimate of drug-likeness (QED) is 0.724. The Bertz CT molecular complexity index is 790. The van der Waals surface area contributed by atoms with Crippen molar-refractivity contribution in [3.05, 3.63) is 36.3 Å². The molecule has 1 aliphatic heterocycles. The zero-order valence-electron chi connectivity index (χ0n) is 13.8. The number of carbonyl (C=O) groups is 2. The van der Waals surface area contributed by atoms with Crippen molar-refractivity contribution in [2.75, 3.05) is 18.4 Å². The minimum Gasteiger partial charge on any atom is -0.474 e. The van der Waals surface area contributed by atoms with Crippen LogP contribution < -0.4 is 15.8 Å². The van der Waals surface area contributed by atoms with E-state index < -0.39 is 12.0 Å². The molecule has 26 heavy (non-hydrogen) atoms. The fourth-order valence-corrected chi connectivity index (χ4v) is 2.55. The summed E-state index contributed by atoms with van der Waals surface area (Å²) in [5.74, 6) is 0.826. The molecule has 0 unspecified atom stereocenters. The number of primary amides is 1. The molecule has 3 rings (SSSR count). The third kappa shape index (κ3) is 4.35. The number of nitrogens with zero attached hydrogens (tertiary/aromatic N) is 4. The van der Waals surface area contributed by atoms with E-state index in [2.05, 4.69) is 20.3 Å². The normalized spacial score (nSPS) is 14.7. The van der Waals surface area contributed by atoms with Crippen molar-refractivity contribution in [3.63, 3.8) is 0 Å². The van der Waals surface area contributed by atoms with Gasteiger partial charge in [-0.3, -0.25) is 4.79 Å². The van der Waals surface area contributed by atoms with E-state index in [4.69, 9.17) is 15.6 Å². The first-order chi connectivity index (χ1) is 12.5. The van der Waals surface area contributed by atoms with Gasteiger partial charge in [-0.15, -0.1) is 0 Å². The first-order valence-corrected chi connectivity index (χ1v) is 8.01. The number of carboxylic acid groups (broad SMARTS) is 1. The minimum absolute atomic E-state index is 0.0960. The van der Waals surface area contributed by atoms with Crippen molar-refractivity contribution in [1.82, 2.24) is 19.9 Å². The van der Waals surface area contributed by atoms with Gasteiger partial charge in [-0.1, -0.05) is 0 Å². The zero-order chi connectivity index (χ0) is 18.5. The van der Waals surface area contributed by atoms with Gasteiger partial charge in [0, 0.05) is 38.2 Å². The van der Waals surface area contributed by atoms with Gasteiger partial charge in [0.05, 0.1) is 5.56 Å². The van der Waals surface area contributed by atoms with Gasteiger partial charge in [-0.25, -0.2) is 19.7 Å². The number of ether oxygens (including phenoxy) is 1. The summed E-state index contributed by atoms with van der Waals surface area (Å²) in [6.45, 7) is 0.874. The fraction of sp³-hybridized carbons (Fsp3) is 0.312. The van der Waals surface area contributed by atoms with Gasteiger partial charge < -0.3 is 25.8 Å². The second-order valence-electron chi connectivity index (χ2n) is 5.75. The van der Waals surface area contributed by atoms with E-state index in [9.17, 15) is 9.59 Å². The highest BCUT2D eigenvalue weighted by Gasteiger charge is 2.23. The van der Waals surface area contributed by atoms with Gasteiger partial charge in [0.25, 0.3) is 0 Å². The van der Waals surface area contributed by atoms with Gasteiger partial charge in [-0.05, 0) is 12.1 Å². The molecule has 1 fully saturated rings. The van der Waals surface area contributed by atoms with E-state index in [-0.39, 0.29) is 6.10 Å². The topological polar surface area (TPSA) is 144 Å². The smallest absolute Gasteiger partial charge is 0.407 e. The van der Waals surface area contributed by atoms with Crippen molar-refractivity contribution < 1.29 is 19.4 Å². The number of amides is 2. The number of hydrogen-bond acceptors (Lipinski definition) is 7. The van der Waals surface area contributed by atoms with Crippen LogP contribution in [0.5, 0.6) is 5.88 Å². The third-order valence-corrected chi connectivity index (χ3v) is 3.95. The first kappa shape index (κ1) is 17.4. The van der Waals surface area contributed by atoms with Gasteiger partial charge in [0.1, 0.15) is 24.1 Å². The molecule has 0 spiro atoms. The summed E-state index contributed by atoms with van der Waals surface area (Å²) >= 11 is 0. The van der Waals surface area contributed by atoms with Crippen molar-refractivity contribution in [1.29, 1.82) is 0 Å². The molecule has 10 nitrogen and oxygen atoms in total. The highest BCUT2D eigenvalue weighted by molar-refractivity contribution is 5.92. The van der Waals surface area contributed by atoms with Crippen LogP contribution in [0.2, 0.25) is 0 Å². The van der Waals surface area contributed by atoms with Crippen LogP contribution in [-0.2, 0) is 0 Å². The Hall–Kier alpha value is -3.43. The van der Waals surface area contributed by atoms with Crippen LogP contribution in [0.1, 0.15) is 23.2 Å². The molecule has 1 aliphatic rings. The van der Waals surface area contributed by atoms with E-state index in [0.717, 1.165) is 0 Å². The Morgan fingerprint density at radius 3 is 2.58 bits per heavy atom. The minimum atomic E-state index is -0.910. The Morgan fingerprint density at radius 1 is 1.19 bits per heavy atom. The summed E-state index contributed by atoms with van der Waals surface area (Å²) in [6, 6.07) is 4.81. The molecule has 3 heterocycles. The molecule has 136 valence electrons. The molecule has 1 saturated heterocycles. The van der Waals surface area contributed by atoms with Crippen LogP contribution >= 0.6 is 0 Å². The van der Waals surface area contributed by atoms with E-state index in [1.165, 1.54) is 17.4 Å². The lowest BCUT2D eigenvalue weighted by Crippen LogP contribution is -2.41. The monoisotopic (exact) mass is 358 g/mol. The molecular formula is C16H18N6O4. The van der Waals surface area contributed by atoms with Crippen LogP contribution in [-0.4, -0.2) is 56.2 Å². The highest BCUT2D eigenvalue weighted by atomic mass is 16.5. The molecule has 0 radical (unpaired) electrons. The van der Waals surface area contributed by atoms with Crippen LogP contribution in [0.4, 0.5) is 16.4 Å². The van der Waals surface area contributed by atoms with E-state index >= 15 is 0 Å². The van der Waals surface area contributed by atoms with Crippen LogP contribution in [0.25, 0.3) is 0 Å². The number of rotatable bonds is 5. The van der Waals surface area contributed by atoms with Gasteiger partial charge >= 0.3 is 6.09 Å². The van der Waals surface area contributed by atoms with Crippen molar-refractivity contribution in [3.8, 4) is 5.88 Å². The number of anilines is 2. The molecule has 0 aromatic carbocycles. The number of nitrogens with one attached hydrogen (secondary N) is 1. The molecule has 0 saturated carbocycles. The first-order valence-electron chi connectivity index (χ1n) is 8.01. The van der Waals surface area contributed by atoms with E-state index in [0.29, 0.717) is 49.0 Å². The number of carbonyl (C=O) groups excluding carboxylic acids is 1. The number of aromatic nitrogens is 3. The summed E-state index contributed by atoms with van der Waals surface area (Å²) < 4.78 is 5.82. The van der Waals surface area contributed by atoms with Crippen molar-refractivity contribution in [2.45, 2.75) is 18.9 Å². The van der Waals surface area contributed by atoms with Crippen molar-refractivity contribution >= 4 is 23.6 Å². The summed E-state index contributed by atoms with van der Waals surface area (Å²) in [6.07, 6.45) is 2.94. The average Bonchev–Trinajstić information content (AvgIpc) is 2.63. The van der Waals surface area contributed by atoms with Gasteiger partial charge in [0.2, 0.25) is 11.8 Å². The Balaban J connectivity index is 1.60. The summed E-state index contributed by atoms with van der Waals surface area (Å²) in [5.41, 5.74) is 5.49. The average molecular weight is 358 g/mol. The Labute approximate surface area is 149 Å².